The van der Waals surface area contributed by atoms with Crippen molar-refractivity contribution in [3.05, 3.63) is 18.5 Å². The Morgan fingerprint density at radius 1 is 1.48 bits per heavy atom. The summed E-state index contributed by atoms with van der Waals surface area (Å²) in [5, 5.41) is 10.7. The number of hydrogen-bond donors (Lipinski definition) is 2. The van der Waals surface area contributed by atoms with Gasteiger partial charge in [0.15, 0.2) is 5.96 Å². The summed E-state index contributed by atoms with van der Waals surface area (Å²) in [6, 6.07) is 1.94. The van der Waals surface area contributed by atoms with Gasteiger partial charge in [0.25, 0.3) is 0 Å². The molecule has 1 saturated heterocycles. The van der Waals surface area contributed by atoms with Crippen LogP contribution in [0.15, 0.2) is 23.5 Å². The number of guanidine groups is 1. The fourth-order valence-electron chi connectivity index (χ4n) is 2.43. The molecule has 0 aromatic carbocycles. The Labute approximate surface area is 138 Å². The normalized spacial score (nSPS) is 18.3. The van der Waals surface area contributed by atoms with E-state index in [1.54, 1.807) is 6.20 Å². The molecule has 0 amide bonds. The highest BCUT2D eigenvalue weighted by Crippen LogP contribution is 2.11. The lowest BCUT2D eigenvalue weighted by Crippen LogP contribution is -2.39. The molecule has 0 bridgehead atoms. The van der Waals surface area contributed by atoms with Crippen LogP contribution in [0.5, 0.6) is 0 Å². The van der Waals surface area contributed by atoms with Gasteiger partial charge in [0.1, 0.15) is 0 Å². The second-order valence-corrected chi connectivity index (χ2v) is 5.52. The lowest BCUT2D eigenvalue weighted by molar-refractivity contribution is 0.0191. The predicted molar refractivity (Wildman–Crippen MR) is 90.6 cm³/mol. The van der Waals surface area contributed by atoms with E-state index in [0.717, 1.165) is 58.0 Å². The van der Waals surface area contributed by atoms with Crippen LogP contribution in [0.4, 0.5) is 0 Å². The molecule has 2 N–H and O–H groups in total. The van der Waals surface area contributed by atoms with Gasteiger partial charge in [-0.1, -0.05) is 0 Å². The second-order valence-electron chi connectivity index (χ2n) is 5.52. The number of nitrogens with zero attached hydrogens (tertiary/aromatic N) is 3. The van der Waals surface area contributed by atoms with Crippen molar-refractivity contribution in [3.8, 4) is 0 Å². The molecule has 1 aliphatic rings. The Hall–Kier alpha value is -1.60. The third-order valence-electron chi connectivity index (χ3n) is 3.59. The smallest absolute Gasteiger partial charge is 0.191 e. The van der Waals surface area contributed by atoms with Crippen molar-refractivity contribution in [2.45, 2.75) is 38.8 Å². The van der Waals surface area contributed by atoms with Crippen molar-refractivity contribution in [2.24, 2.45) is 4.99 Å². The molecule has 1 aromatic rings. The van der Waals surface area contributed by atoms with Crippen molar-refractivity contribution in [2.75, 3.05) is 39.5 Å². The van der Waals surface area contributed by atoms with Gasteiger partial charge in [0.05, 0.1) is 19.3 Å². The van der Waals surface area contributed by atoms with Gasteiger partial charge in [0, 0.05) is 45.2 Å². The summed E-state index contributed by atoms with van der Waals surface area (Å²) in [6.45, 7) is 7.56. The van der Waals surface area contributed by atoms with Gasteiger partial charge in [-0.25, -0.2) is 0 Å². The van der Waals surface area contributed by atoms with Crippen LogP contribution in [-0.4, -0.2) is 61.3 Å². The van der Waals surface area contributed by atoms with Gasteiger partial charge in [-0.05, 0) is 32.3 Å². The van der Waals surface area contributed by atoms with Crippen molar-refractivity contribution in [1.82, 2.24) is 20.4 Å². The number of nitrogens with one attached hydrogen (secondary N) is 2. The van der Waals surface area contributed by atoms with E-state index in [1.807, 2.05) is 16.9 Å². The Kier molecular flexibility index (Phi) is 8.50. The first-order valence-corrected chi connectivity index (χ1v) is 8.57. The fraction of sp³-hybridized carbons (Fsp3) is 0.750. The monoisotopic (exact) mass is 323 g/mol. The molecule has 7 nitrogen and oxygen atoms in total. The van der Waals surface area contributed by atoms with Crippen molar-refractivity contribution in [1.29, 1.82) is 0 Å². The molecule has 1 atom stereocenters. The Morgan fingerprint density at radius 3 is 3.17 bits per heavy atom. The molecule has 1 unspecified atom stereocenters. The molecule has 0 radical (unpaired) electrons. The minimum Gasteiger partial charge on any atom is -0.377 e. The maximum Gasteiger partial charge on any atom is 0.191 e. The van der Waals surface area contributed by atoms with E-state index in [0.29, 0.717) is 19.3 Å². The van der Waals surface area contributed by atoms with Crippen LogP contribution in [0.25, 0.3) is 0 Å². The van der Waals surface area contributed by atoms with E-state index in [-0.39, 0.29) is 0 Å². The molecule has 1 aromatic heterocycles. The minimum atomic E-state index is 0.291. The zero-order valence-electron chi connectivity index (χ0n) is 14.0. The summed E-state index contributed by atoms with van der Waals surface area (Å²) in [4.78, 5) is 4.56. The van der Waals surface area contributed by atoms with Crippen LogP contribution < -0.4 is 10.6 Å². The third-order valence-corrected chi connectivity index (χ3v) is 3.59. The van der Waals surface area contributed by atoms with E-state index >= 15 is 0 Å². The summed E-state index contributed by atoms with van der Waals surface area (Å²) >= 11 is 0. The first-order valence-electron chi connectivity index (χ1n) is 8.57. The molecule has 2 heterocycles. The highest BCUT2D eigenvalue weighted by molar-refractivity contribution is 5.79. The largest absolute Gasteiger partial charge is 0.377 e. The van der Waals surface area contributed by atoms with Crippen LogP contribution in [0.1, 0.15) is 26.2 Å². The van der Waals surface area contributed by atoms with Crippen LogP contribution >= 0.6 is 0 Å². The summed E-state index contributed by atoms with van der Waals surface area (Å²) in [7, 11) is 0. The molecule has 1 aliphatic heterocycles. The maximum absolute atomic E-state index is 5.64. The SMILES string of the molecule is CCNC(=NCCCn1cccn1)NCCOCC1CCCO1. The zero-order chi connectivity index (χ0) is 16.2. The molecule has 23 heavy (non-hydrogen) atoms. The number of aliphatic imine (C=N–C) groups is 1. The summed E-state index contributed by atoms with van der Waals surface area (Å²) in [5.74, 6) is 0.841. The number of ether oxygens (including phenoxy) is 2. The minimum absolute atomic E-state index is 0.291. The van der Waals surface area contributed by atoms with Gasteiger partial charge >= 0.3 is 0 Å². The molecule has 2 rings (SSSR count). The van der Waals surface area contributed by atoms with Gasteiger partial charge in [0.2, 0.25) is 0 Å². The first kappa shape index (κ1) is 17.7. The lowest BCUT2D eigenvalue weighted by Gasteiger charge is -2.13. The van der Waals surface area contributed by atoms with Gasteiger partial charge in [-0.15, -0.1) is 0 Å². The van der Waals surface area contributed by atoms with Gasteiger partial charge in [-0.2, -0.15) is 5.10 Å². The number of rotatable bonds is 10. The fourth-order valence-corrected chi connectivity index (χ4v) is 2.43. The van der Waals surface area contributed by atoms with E-state index in [2.05, 4.69) is 27.6 Å². The second kappa shape index (κ2) is 11.0. The summed E-state index contributed by atoms with van der Waals surface area (Å²) in [5.41, 5.74) is 0. The molecular formula is C16H29N5O2. The van der Waals surface area contributed by atoms with E-state index < -0.39 is 0 Å². The van der Waals surface area contributed by atoms with Crippen LogP contribution in [-0.2, 0) is 16.0 Å². The highest BCUT2D eigenvalue weighted by atomic mass is 16.5. The average Bonchev–Trinajstić information content (AvgIpc) is 3.24. The third kappa shape index (κ3) is 7.47. The Bertz CT molecular complexity index is 430. The molecule has 1 fully saturated rings. The molecular weight excluding hydrogens is 294 g/mol. The quantitative estimate of drug-likeness (QED) is 0.382. The maximum atomic E-state index is 5.64. The highest BCUT2D eigenvalue weighted by Gasteiger charge is 2.14. The van der Waals surface area contributed by atoms with E-state index in [9.17, 15) is 0 Å². The van der Waals surface area contributed by atoms with Gasteiger partial charge < -0.3 is 20.1 Å². The Morgan fingerprint density at radius 2 is 2.43 bits per heavy atom. The van der Waals surface area contributed by atoms with Crippen LogP contribution in [0.3, 0.4) is 0 Å². The first-order chi connectivity index (χ1) is 11.4. The van der Waals surface area contributed by atoms with Crippen LogP contribution in [0, 0.1) is 0 Å². The number of hydrogen-bond acceptors (Lipinski definition) is 4. The topological polar surface area (TPSA) is 72.7 Å². The lowest BCUT2D eigenvalue weighted by atomic mass is 10.2. The van der Waals surface area contributed by atoms with Crippen molar-refractivity contribution >= 4 is 5.96 Å². The predicted octanol–water partition coefficient (Wildman–Crippen LogP) is 1.02. The number of aryl methyl sites for hydroxylation is 1. The molecule has 130 valence electrons. The van der Waals surface area contributed by atoms with E-state index in [4.69, 9.17) is 9.47 Å². The van der Waals surface area contributed by atoms with E-state index in [1.165, 1.54) is 0 Å². The molecule has 0 spiro atoms. The van der Waals surface area contributed by atoms with Crippen LogP contribution in [0.2, 0.25) is 0 Å². The average molecular weight is 323 g/mol. The zero-order valence-corrected chi connectivity index (χ0v) is 14.0. The standard InChI is InChI=1S/C16H29N5O2/c1-2-17-16(18-7-4-10-21-11-5-8-20-21)19-9-13-22-14-15-6-3-12-23-15/h5,8,11,15H,2-4,6-7,9-10,12-14H2,1H3,(H2,17,18,19). The van der Waals surface area contributed by atoms with Gasteiger partial charge in [-0.3, -0.25) is 9.67 Å². The van der Waals surface area contributed by atoms with Crippen molar-refractivity contribution in [3.63, 3.8) is 0 Å². The molecule has 0 saturated carbocycles. The molecule has 7 heteroatoms. The molecule has 0 aliphatic carbocycles. The summed E-state index contributed by atoms with van der Waals surface area (Å²) < 4.78 is 13.1. The summed E-state index contributed by atoms with van der Waals surface area (Å²) in [6.07, 6.45) is 7.30. The van der Waals surface area contributed by atoms with Crippen molar-refractivity contribution < 1.29 is 9.47 Å². The number of aromatic nitrogens is 2. The Balaban J connectivity index is 1.55.